The van der Waals surface area contributed by atoms with Crippen molar-refractivity contribution in [2.24, 2.45) is 0 Å². The van der Waals surface area contributed by atoms with Crippen molar-refractivity contribution in [3.8, 4) is 0 Å². The molecule has 0 unspecified atom stereocenters. The Morgan fingerprint density at radius 1 is 1.47 bits per heavy atom. The van der Waals surface area contributed by atoms with Gasteiger partial charge in [0.25, 0.3) is 0 Å². The molecular weight excluding hydrogens is 305 g/mol. The average molecular weight is 315 g/mol. The minimum Gasteiger partial charge on any atom is -0.443 e. The van der Waals surface area contributed by atoms with E-state index in [2.05, 4.69) is 15.9 Å². The van der Waals surface area contributed by atoms with Gasteiger partial charge in [0.2, 0.25) is 0 Å². The van der Waals surface area contributed by atoms with Gasteiger partial charge in [-0.05, 0) is 42.8 Å². The van der Waals surface area contributed by atoms with E-state index < -0.39 is 11.7 Å². The van der Waals surface area contributed by atoms with Crippen LogP contribution in [0.5, 0.6) is 0 Å². The van der Waals surface area contributed by atoms with Gasteiger partial charge in [0.1, 0.15) is 15.9 Å². The van der Waals surface area contributed by atoms with Crippen molar-refractivity contribution >= 4 is 45.2 Å². The van der Waals surface area contributed by atoms with Gasteiger partial charge >= 0.3 is 6.09 Å². The predicted molar refractivity (Wildman–Crippen MR) is 63.8 cm³/mol. The van der Waals surface area contributed by atoms with Crippen molar-refractivity contribution < 1.29 is 9.53 Å². The number of hydrogen-bond acceptors (Lipinski definition) is 2. The highest BCUT2D eigenvalue weighted by Crippen LogP contribution is 2.30. The summed E-state index contributed by atoms with van der Waals surface area (Å²) in [5.41, 5.74) is -0.583. The average Bonchev–Trinajstić information content (AvgIpc) is 2.22. The third-order valence-corrected chi connectivity index (χ3v) is 2.91. The predicted octanol–water partition coefficient (Wildman–Crippen LogP) is 4.34. The lowest BCUT2D eigenvalue weighted by Crippen LogP contribution is -2.27. The molecule has 0 saturated carbocycles. The van der Waals surface area contributed by atoms with Gasteiger partial charge in [0, 0.05) is 0 Å². The molecule has 0 aromatic carbocycles. The zero-order valence-electron chi connectivity index (χ0n) is 8.47. The topological polar surface area (TPSA) is 31.2 Å². The molecule has 0 aliphatic heterocycles. The molecule has 0 fully saturated rings. The van der Waals surface area contributed by atoms with Crippen molar-refractivity contribution in [2.75, 3.05) is 0 Å². The molecule has 0 radical (unpaired) electrons. The highest BCUT2D eigenvalue weighted by Gasteiger charge is 2.22. The molecule has 3 nitrogen and oxygen atoms in total. The Morgan fingerprint density at radius 3 is 2.33 bits per heavy atom. The van der Waals surface area contributed by atoms with Crippen LogP contribution in [-0.4, -0.2) is 16.3 Å². The molecule has 6 heteroatoms. The molecule has 0 aliphatic carbocycles. The van der Waals surface area contributed by atoms with Crippen LogP contribution in [0.2, 0.25) is 10.3 Å². The summed E-state index contributed by atoms with van der Waals surface area (Å²) >= 11 is 14.9. The normalized spacial score (nSPS) is 11.6. The van der Waals surface area contributed by atoms with Crippen molar-refractivity contribution in [1.82, 2.24) is 4.57 Å². The second-order valence-corrected chi connectivity index (χ2v) is 5.52. The van der Waals surface area contributed by atoms with Crippen molar-refractivity contribution in [2.45, 2.75) is 26.4 Å². The first-order valence-electron chi connectivity index (χ1n) is 4.18. The van der Waals surface area contributed by atoms with E-state index in [1.807, 2.05) is 0 Å². The highest BCUT2D eigenvalue weighted by atomic mass is 79.9. The van der Waals surface area contributed by atoms with Gasteiger partial charge in [-0.3, -0.25) is 0 Å². The van der Waals surface area contributed by atoms with Gasteiger partial charge < -0.3 is 4.74 Å². The lowest BCUT2D eigenvalue weighted by Gasteiger charge is -2.20. The molecule has 0 spiro atoms. The van der Waals surface area contributed by atoms with E-state index in [1.165, 1.54) is 6.07 Å². The Hall–Kier alpha value is -0.190. The van der Waals surface area contributed by atoms with Crippen LogP contribution < -0.4 is 0 Å². The Bertz CT molecular complexity index is 396. The molecule has 1 heterocycles. The van der Waals surface area contributed by atoms with Crippen LogP contribution >= 0.6 is 39.1 Å². The van der Waals surface area contributed by atoms with Crippen LogP contribution in [0.25, 0.3) is 0 Å². The number of hydrogen-bond donors (Lipinski definition) is 0. The zero-order chi connectivity index (χ0) is 11.8. The largest absolute Gasteiger partial charge is 0.443 e. The fraction of sp³-hybridized carbons (Fsp3) is 0.444. The van der Waals surface area contributed by atoms with Crippen LogP contribution in [0.15, 0.2) is 10.5 Å². The minimum absolute atomic E-state index is 0.203. The van der Waals surface area contributed by atoms with Crippen LogP contribution in [0.1, 0.15) is 20.8 Å². The SMILES string of the molecule is CC(C)(C)OC(=O)n1c(Cl)cc(Br)c1Cl. The lowest BCUT2D eigenvalue weighted by molar-refractivity contribution is 0.0538. The first-order chi connectivity index (χ1) is 6.72. The van der Waals surface area contributed by atoms with Crippen LogP contribution in [0, 0.1) is 0 Å². The van der Waals surface area contributed by atoms with Gasteiger partial charge in [-0.1, -0.05) is 23.2 Å². The van der Waals surface area contributed by atoms with E-state index in [1.54, 1.807) is 20.8 Å². The monoisotopic (exact) mass is 313 g/mol. The summed E-state index contributed by atoms with van der Waals surface area (Å²) in [6.45, 7) is 5.31. The summed E-state index contributed by atoms with van der Waals surface area (Å²) in [4.78, 5) is 11.7. The maximum absolute atomic E-state index is 11.7. The maximum Gasteiger partial charge on any atom is 0.420 e. The molecule has 1 aromatic heterocycles. The summed E-state index contributed by atoms with van der Waals surface area (Å²) in [7, 11) is 0. The molecule has 1 aromatic rings. The van der Waals surface area contributed by atoms with E-state index in [9.17, 15) is 4.79 Å². The third-order valence-electron chi connectivity index (χ3n) is 1.43. The quantitative estimate of drug-likeness (QED) is 0.713. The van der Waals surface area contributed by atoms with Crippen molar-refractivity contribution in [1.29, 1.82) is 0 Å². The van der Waals surface area contributed by atoms with E-state index in [4.69, 9.17) is 27.9 Å². The molecular formula is C9H10BrCl2NO2. The minimum atomic E-state index is -0.594. The Morgan fingerprint density at radius 2 is 2.00 bits per heavy atom. The number of halogens is 3. The number of rotatable bonds is 0. The van der Waals surface area contributed by atoms with Crippen LogP contribution in [-0.2, 0) is 4.74 Å². The molecule has 15 heavy (non-hydrogen) atoms. The van der Waals surface area contributed by atoms with Crippen LogP contribution in [0.3, 0.4) is 0 Å². The van der Waals surface area contributed by atoms with E-state index >= 15 is 0 Å². The second-order valence-electron chi connectivity index (χ2n) is 3.92. The van der Waals surface area contributed by atoms with E-state index in [-0.39, 0.29) is 10.3 Å². The fourth-order valence-electron chi connectivity index (χ4n) is 0.904. The number of ether oxygens (including phenoxy) is 1. The van der Waals surface area contributed by atoms with E-state index in [0.29, 0.717) is 4.47 Å². The third kappa shape index (κ3) is 3.13. The first kappa shape index (κ1) is 12.9. The Kier molecular flexibility index (Phi) is 3.74. The first-order valence-corrected chi connectivity index (χ1v) is 5.73. The molecule has 0 N–H and O–H groups in total. The molecule has 0 bridgehead atoms. The van der Waals surface area contributed by atoms with Crippen molar-refractivity contribution in [3.63, 3.8) is 0 Å². The zero-order valence-corrected chi connectivity index (χ0v) is 11.6. The molecule has 84 valence electrons. The number of carbonyl (C=O) groups excluding carboxylic acids is 1. The standard InChI is InChI=1S/C9H10BrCl2NO2/c1-9(2,3)15-8(14)13-6(11)4-5(10)7(13)12/h4H,1-3H3. The smallest absolute Gasteiger partial charge is 0.420 e. The summed E-state index contributed by atoms with van der Waals surface area (Å²) in [6, 6.07) is 1.54. The number of aromatic nitrogens is 1. The molecule has 0 atom stereocenters. The Labute approximate surface area is 106 Å². The lowest BCUT2D eigenvalue weighted by atomic mass is 10.2. The second kappa shape index (κ2) is 4.36. The van der Waals surface area contributed by atoms with E-state index in [0.717, 1.165) is 4.57 Å². The molecule has 1 rings (SSSR count). The number of nitrogens with zero attached hydrogens (tertiary/aromatic N) is 1. The van der Waals surface area contributed by atoms with Gasteiger partial charge in [-0.25, -0.2) is 9.36 Å². The summed E-state index contributed by atoms with van der Waals surface area (Å²) in [5.74, 6) is 0. The highest BCUT2D eigenvalue weighted by molar-refractivity contribution is 9.10. The van der Waals surface area contributed by atoms with Gasteiger partial charge in [-0.15, -0.1) is 0 Å². The maximum atomic E-state index is 11.7. The fourth-order valence-corrected chi connectivity index (χ4v) is 1.95. The van der Waals surface area contributed by atoms with Gasteiger partial charge in [-0.2, -0.15) is 0 Å². The molecule has 0 amide bonds. The number of carbonyl (C=O) groups is 1. The summed E-state index contributed by atoms with van der Waals surface area (Å²) in [6.07, 6.45) is -0.594. The van der Waals surface area contributed by atoms with Crippen molar-refractivity contribution in [3.05, 3.63) is 20.8 Å². The molecule has 0 aliphatic rings. The summed E-state index contributed by atoms with van der Waals surface area (Å²) < 4.78 is 6.78. The Balaban J connectivity index is 3.02. The van der Waals surface area contributed by atoms with Crippen LogP contribution in [0.4, 0.5) is 4.79 Å². The van der Waals surface area contributed by atoms with Gasteiger partial charge in [0.15, 0.2) is 0 Å². The van der Waals surface area contributed by atoms with Gasteiger partial charge in [0.05, 0.1) is 4.47 Å². The summed E-state index contributed by atoms with van der Waals surface area (Å²) in [5, 5.41) is 0.412. The molecule has 0 saturated heterocycles.